The fourth-order valence-corrected chi connectivity index (χ4v) is 4.04. The second-order valence-electron chi connectivity index (χ2n) is 8.02. The molecule has 2 aromatic carbocycles. The molecule has 0 spiro atoms. The molecule has 0 saturated carbocycles. The van der Waals surface area contributed by atoms with Crippen molar-refractivity contribution in [3.63, 3.8) is 0 Å². The monoisotopic (exact) mass is 439 g/mol. The lowest BCUT2D eigenvalue weighted by Crippen LogP contribution is -2.48. The van der Waals surface area contributed by atoms with E-state index in [0.717, 1.165) is 34.0 Å². The van der Waals surface area contributed by atoms with Gasteiger partial charge in [0.25, 0.3) is 5.91 Å². The summed E-state index contributed by atoms with van der Waals surface area (Å²) >= 11 is 0. The number of anilines is 1. The van der Waals surface area contributed by atoms with Gasteiger partial charge in [-0.3, -0.25) is 4.79 Å². The number of nitrogens with zero attached hydrogens (tertiary/aromatic N) is 3. The Labute approximate surface area is 182 Å². The highest BCUT2D eigenvalue weighted by Crippen LogP contribution is 2.32. The summed E-state index contributed by atoms with van der Waals surface area (Å²) in [4.78, 5) is 21.0. The lowest BCUT2D eigenvalue weighted by molar-refractivity contribution is -0.137. The molecule has 1 aliphatic heterocycles. The number of pyridine rings is 1. The van der Waals surface area contributed by atoms with Crippen molar-refractivity contribution in [1.29, 1.82) is 0 Å². The van der Waals surface area contributed by atoms with Crippen molar-refractivity contribution in [2.24, 2.45) is 0 Å². The third-order valence-corrected chi connectivity index (χ3v) is 5.78. The number of furan rings is 1. The Hall–Kier alpha value is -3.55. The van der Waals surface area contributed by atoms with E-state index in [2.05, 4.69) is 4.98 Å². The largest absolute Gasteiger partial charge is 0.433 e. The predicted molar refractivity (Wildman–Crippen MR) is 116 cm³/mol. The standard InChI is InChI=1S/C24H20F3N3O2/c1-15-5-6-16-12-17-13-21(32-22(17)28-20(16)11-15)23(31)30-9-7-29(8-10-30)19-4-2-3-18(14-19)24(25,26)27/h2-6,11-14H,7-10H2,1H3. The summed E-state index contributed by atoms with van der Waals surface area (Å²) in [5.74, 6) is -0.0287. The fraction of sp³-hybridized carbons (Fsp3) is 0.250. The highest BCUT2D eigenvalue weighted by molar-refractivity contribution is 5.98. The van der Waals surface area contributed by atoms with Crippen molar-refractivity contribution >= 4 is 33.6 Å². The first-order valence-corrected chi connectivity index (χ1v) is 10.3. The number of carbonyl (C=O) groups is 1. The molecule has 0 bridgehead atoms. The topological polar surface area (TPSA) is 49.6 Å². The van der Waals surface area contributed by atoms with Crippen LogP contribution in [0, 0.1) is 6.92 Å². The normalized spacial score (nSPS) is 15.0. The molecule has 3 heterocycles. The number of alkyl halides is 3. The number of benzene rings is 2. The van der Waals surface area contributed by atoms with E-state index in [1.54, 1.807) is 17.0 Å². The van der Waals surface area contributed by atoms with Crippen LogP contribution in [0.3, 0.4) is 0 Å². The minimum atomic E-state index is -4.38. The van der Waals surface area contributed by atoms with Gasteiger partial charge in [0.2, 0.25) is 5.71 Å². The highest BCUT2D eigenvalue weighted by Gasteiger charge is 2.31. The van der Waals surface area contributed by atoms with Gasteiger partial charge in [-0.25, -0.2) is 4.98 Å². The van der Waals surface area contributed by atoms with E-state index < -0.39 is 11.7 Å². The number of aromatic nitrogens is 1. The minimum Gasteiger partial charge on any atom is -0.433 e. The number of amides is 1. The fourth-order valence-electron chi connectivity index (χ4n) is 4.04. The van der Waals surface area contributed by atoms with Gasteiger partial charge in [-0.1, -0.05) is 18.2 Å². The van der Waals surface area contributed by atoms with Crippen LogP contribution in [0.1, 0.15) is 21.7 Å². The number of fused-ring (bicyclic) bond motifs is 2. The Morgan fingerprint density at radius 3 is 2.50 bits per heavy atom. The number of rotatable bonds is 2. The zero-order valence-electron chi connectivity index (χ0n) is 17.3. The Balaban J connectivity index is 1.32. The second-order valence-corrected chi connectivity index (χ2v) is 8.02. The van der Waals surface area contributed by atoms with Crippen LogP contribution >= 0.6 is 0 Å². The van der Waals surface area contributed by atoms with E-state index in [-0.39, 0.29) is 11.7 Å². The van der Waals surface area contributed by atoms with E-state index in [4.69, 9.17) is 4.42 Å². The van der Waals surface area contributed by atoms with Crippen LogP contribution in [-0.2, 0) is 6.18 Å². The molecular formula is C24H20F3N3O2. The van der Waals surface area contributed by atoms with Gasteiger partial charge in [-0.2, -0.15) is 13.2 Å². The van der Waals surface area contributed by atoms with Crippen molar-refractivity contribution in [3.05, 3.63) is 71.5 Å². The van der Waals surface area contributed by atoms with Crippen LogP contribution in [0.5, 0.6) is 0 Å². The molecule has 2 aromatic heterocycles. The number of halogens is 3. The molecule has 0 aliphatic carbocycles. The molecule has 0 radical (unpaired) electrons. The molecule has 4 aromatic rings. The summed E-state index contributed by atoms with van der Waals surface area (Å²) < 4.78 is 44.8. The lowest BCUT2D eigenvalue weighted by atomic mass is 10.1. The van der Waals surface area contributed by atoms with E-state index in [0.29, 0.717) is 37.6 Å². The van der Waals surface area contributed by atoms with E-state index in [1.165, 1.54) is 6.07 Å². The number of aryl methyl sites for hydroxylation is 1. The average molecular weight is 439 g/mol. The van der Waals surface area contributed by atoms with Gasteiger partial charge in [0.05, 0.1) is 11.1 Å². The van der Waals surface area contributed by atoms with Crippen molar-refractivity contribution in [1.82, 2.24) is 9.88 Å². The van der Waals surface area contributed by atoms with Gasteiger partial charge in [-0.05, 0) is 48.9 Å². The molecule has 164 valence electrons. The third kappa shape index (κ3) is 3.77. The van der Waals surface area contributed by atoms with Gasteiger partial charge in [0, 0.05) is 42.6 Å². The second kappa shape index (κ2) is 7.55. The van der Waals surface area contributed by atoms with Crippen LogP contribution in [0.25, 0.3) is 22.0 Å². The molecule has 5 rings (SSSR count). The lowest BCUT2D eigenvalue weighted by Gasteiger charge is -2.36. The summed E-state index contributed by atoms with van der Waals surface area (Å²) in [5, 5.41) is 1.73. The van der Waals surface area contributed by atoms with Crippen LogP contribution in [0.2, 0.25) is 0 Å². The maximum absolute atomic E-state index is 13.0. The van der Waals surface area contributed by atoms with Crippen molar-refractivity contribution in [2.75, 3.05) is 31.1 Å². The molecule has 0 unspecified atom stereocenters. The number of hydrogen-bond donors (Lipinski definition) is 0. The van der Waals surface area contributed by atoms with E-state index >= 15 is 0 Å². The van der Waals surface area contributed by atoms with Gasteiger partial charge < -0.3 is 14.2 Å². The van der Waals surface area contributed by atoms with Crippen molar-refractivity contribution < 1.29 is 22.4 Å². The molecule has 1 saturated heterocycles. The first-order valence-electron chi connectivity index (χ1n) is 10.3. The first-order chi connectivity index (χ1) is 15.3. The number of carbonyl (C=O) groups excluding carboxylic acids is 1. The molecule has 0 N–H and O–H groups in total. The highest BCUT2D eigenvalue weighted by atomic mass is 19.4. The summed E-state index contributed by atoms with van der Waals surface area (Å²) in [5.41, 5.74) is 2.13. The van der Waals surface area contributed by atoms with Crippen molar-refractivity contribution in [3.8, 4) is 0 Å². The van der Waals surface area contributed by atoms with Gasteiger partial charge in [0.1, 0.15) is 0 Å². The smallest absolute Gasteiger partial charge is 0.416 e. The summed E-state index contributed by atoms with van der Waals surface area (Å²) in [6.07, 6.45) is -4.38. The number of hydrogen-bond acceptors (Lipinski definition) is 4. The molecule has 32 heavy (non-hydrogen) atoms. The van der Waals surface area contributed by atoms with Crippen LogP contribution < -0.4 is 4.90 Å². The molecule has 1 aliphatic rings. The van der Waals surface area contributed by atoms with Gasteiger partial charge in [-0.15, -0.1) is 0 Å². The Morgan fingerprint density at radius 2 is 1.75 bits per heavy atom. The van der Waals surface area contributed by atoms with E-state index in [1.807, 2.05) is 36.1 Å². The van der Waals surface area contributed by atoms with Crippen molar-refractivity contribution in [2.45, 2.75) is 13.1 Å². The third-order valence-electron chi connectivity index (χ3n) is 5.78. The van der Waals surface area contributed by atoms with Gasteiger partial charge >= 0.3 is 6.18 Å². The van der Waals surface area contributed by atoms with E-state index in [9.17, 15) is 18.0 Å². The molecule has 8 heteroatoms. The molecule has 1 amide bonds. The Kier molecular flexibility index (Phi) is 4.80. The quantitative estimate of drug-likeness (QED) is 0.427. The molecule has 0 atom stereocenters. The average Bonchev–Trinajstić information content (AvgIpc) is 3.19. The zero-order chi connectivity index (χ0) is 22.5. The van der Waals surface area contributed by atoms with Crippen LogP contribution in [-0.4, -0.2) is 42.0 Å². The van der Waals surface area contributed by atoms with Crippen LogP contribution in [0.4, 0.5) is 18.9 Å². The maximum Gasteiger partial charge on any atom is 0.416 e. The summed E-state index contributed by atoms with van der Waals surface area (Å²) in [6.45, 7) is 3.65. The predicted octanol–water partition coefficient (Wildman–Crippen LogP) is 5.27. The molecule has 1 fully saturated rings. The molecule has 5 nitrogen and oxygen atoms in total. The van der Waals surface area contributed by atoms with Gasteiger partial charge in [0.15, 0.2) is 5.76 Å². The summed E-state index contributed by atoms with van der Waals surface area (Å²) in [6, 6.07) is 14.9. The number of piperazine rings is 1. The summed E-state index contributed by atoms with van der Waals surface area (Å²) in [7, 11) is 0. The first kappa shape index (κ1) is 20.4. The Bertz CT molecular complexity index is 1320. The van der Waals surface area contributed by atoms with Crippen LogP contribution in [0.15, 0.2) is 59.0 Å². The minimum absolute atomic E-state index is 0.215. The molecular weight excluding hydrogens is 419 g/mol. The Morgan fingerprint density at radius 1 is 0.969 bits per heavy atom. The SMILES string of the molecule is Cc1ccc2cc3cc(C(=O)N4CCN(c5cccc(C(F)(F)F)c5)CC4)oc3nc2c1. The zero-order valence-corrected chi connectivity index (χ0v) is 17.3. The maximum atomic E-state index is 13.0.